The zero-order valence-corrected chi connectivity index (χ0v) is 12.7. The second-order valence-electron chi connectivity index (χ2n) is 5.88. The second-order valence-corrected chi connectivity index (χ2v) is 5.88. The molecule has 0 radical (unpaired) electrons. The number of hydrogen-bond donors (Lipinski definition) is 3. The molecule has 122 valence electrons. The van der Waals surface area contributed by atoms with Crippen molar-refractivity contribution in [3.63, 3.8) is 0 Å². The highest BCUT2D eigenvalue weighted by Crippen LogP contribution is 2.36. The Labute approximate surface area is 132 Å². The van der Waals surface area contributed by atoms with E-state index in [-0.39, 0.29) is 19.5 Å². The summed E-state index contributed by atoms with van der Waals surface area (Å²) in [4.78, 5) is 42.0. The van der Waals surface area contributed by atoms with E-state index >= 15 is 0 Å². The number of imide groups is 1. The topological polar surface area (TPSA) is 112 Å². The monoisotopic (exact) mass is 318 g/mol. The van der Waals surface area contributed by atoms with Gasteiger partial charge in [-0.05, 0) is 31.5 Å². The number of rotatable bonds is 3. The SMILES string of the molecule is Cc1cccnc1CN1C(=O)NC(=O)C12CCNCC2C(=O)O. The Morgan fingerprint density at radius 1 is 1.52 bits per heavy atom. The third-order valence-corrected chi connectivity index (χ3v) is 4.67. The molecule has 3 amide bonds. The summed E-state index contributed by atoms with van der Waals surface area (Å²) in [6.07, 6.45) is 1.87. The third kappa shape index (κ3) is 2.35. The van der Waals surface area contributed by atoms with Crippen molar-refractivity contribution < 1.29 is 19.5 Å². The van der Waals surface area contributed by atoms with Gasteiger partial charge in [0.15, 0.2) is 0 Å². The summed E-state index contributed by atoms with van der Waals surface area (Å²) in [5.41, 5.74) is 0.174. The van der Waals surface area contributed by atoms with Gasteiger partial charge in [0.05, 0.1) is 12.2 Å². The highest BCUT2D eigenvalue weighted by molar-refractivity contribution is 6.09. The highest BCUT2D eigenvalue weighted by atomic mass is 16.4. The molecule has 2 unspecified atom stereocenters. The van der Waals surface area contributed by atoms with Gasteiger partial charge in [-0.25, -0.2) is 4.79 Å². The molecule has 2 aliphatic rings. The number of carbonyl (C=O) groups excluding carboxylic acids is 2. The van der Waals surface area contributed by atoms with Gasteiger partial charge < -0.3 is 15.3 Å². The van der Waals surface area contributed by atoms with E-state index in [9.17, 15) is 19.5 Å². The van der Waals surface area contributed by atoms with Crippen molar-refractivity contribution in [1.29, 1.82) is 0 Å². The first-order valence-electron chi connectivity index (χ1n) is 7.44. The van der Waals surface area contributed by atoms with Gasteiger partial charge >= 0.3 is 12.0 Å². The largest absolute Gasteiger partial charge is 0.481 e. The van der Waals surface area contributed by atoms with Crippen LogP contribution in [0.2, 0.25) is 0 Å². The van der Waals surface area contributed by atoms with E-state index < -0.39 is 29.4 Å². The van der Waals surface area contributed by atoms with Crippen LogP contribution < -0.4 is 10.6 Å². The summed E-state index contributed by atoms with van der Waals surface area (Å²) in [5, 5.41) is 14.8. The number of hydrogen-bond acceptors (Lipinski definition) is 5. The first-order chi connectivity index (χ1) is 11.0. The minimum atomic E-state index is -1.36. The minimum absolute atomic E-state index is 0.105. The Bertz CT molecular complexity index is 677. The number of piperidine rings is 1. The number of nitrogens with one attached hydrogen (secondary N) is 2. The average molecular weight is 318 g/mol. The third-order valence-electron chi connectivity index (χ3n) is 4.67. The number of aryl methyl sites for hydroxylation is 1. The van der Waals surface area contributed by atoms with Crippen LogP contribution in [0.3, 0.4) is 0 Å². The molecule has 1 spiro atoms. The standard InChI is InChI=1S/C15H18N4O4/c1-9-3-2-5-17-11(9)8-19-14(23)18-13(22)15(19)4-6-16-7-10(15)12(20)21/h2-3,5,10,16H,4,6-8H2,1H3,(H,20,21)(H,18,22,23). The van der Waals surface area contributed by atoms with Crippen LogP contribution in [0.5, 0.6) is 0 Å². The quantitative estimate of drug-likeness (QED) is 0.670. The molecule has 0 aliphatic carbocycles. The maximum atomic E-state index is 12.5. The summed E-state index contributed by atoms with van der Waals surface area (Å²) < 4.78 is 0. The summed E-state index contributed by atoms with van der Waals surface area (Å²) in [6.45, 7) is 2.59. The van der Waals surface area contributed by atoms with Crippen molar-refractivity contribution in [3.8, 4) is 0 Å². The van der Waals surface area contributed by atoms with E-state index in [1.165, 1.54) is 4.90 Å². The summed E-state index contributed by atoms with van der Waals surface area (Å²) in [6, 6.07) is 3.09. The van der Waals surface area contributed by atoms with Gasteiger partial charge in [-0.1, -0.05) is 6.07 Å². The summed E-state index contributed by atoms with van der Waals surface area (Å²) >= 11 is 0. The first-order valence-corrected chi connectivity index (χ1v) is 7.44. The maximum Gasteiger partial charge on any atom is 0.325 e. The second kappa shape index (κ2) is 5.62. The average Bonchev–Trinajstić information content (AvgIpc) is 2.74. The van der Waals surface area contributed by atoms with Crippen LogP contribution >= 0.6 is 0 Å². The van der Waals surface area contributed by atoms with Crippen LogP contribution in [0.15, 0.2) is 18.3 Å². The molecule has 1 aromatic heterocycles. The van der Waals surface area contributed by atoms with Crippen LogP contribution in [0.4, 0.5) is 4.79 Å². The molecule has 0 saturated carbocycles. The Kier molecular flexibility index (Phi) is 3.77. The van der Waals surface area contributed by atoms with Crippen LogP contribution in [0.25, 0.3) is 0 Å². The van der Waals surface area contributed by atoms with E-state index in [0.717, 1.165) is 5.56 Å². The van der Waals surface area contributed by atoms with Crippen molar-refractivity contribution in [3.05, 3.63) is 29.6 Å². The molecule has 8 nitrogen and oxygen atoms in total. The van der Waals surface area contributed by atoms with E-state index in [0.29, 0.717) is 12.2 Å². The van der Waals surface area contributed by atoms with Crippen LogP contribution in [0.1, 0.15) is 17.7 Å². The Balaban J connectivity index is 2.02. The molecule has 3 rings (SSSR count). The normalized spacial score (nSPS) is 27.3. The fraction of sp³-hybridized carbons (Fsp3) is 0.467. The predicted octanol–water partition coefficient (Wildman–Crippen LogP) is -0.125. The minimum Gasteiger partial charge on any atom is -0.481 e. The maximum absolute atomic E-state index is 12.5. The molecule has 8 heteroatoms. The number of carbonyl (C=O) groups is 3. The van der Waals surface area contributed by atoms with E-state index in [1.54, 1.807) is 12.3 Å². The van der Waals surface area contributed by atoms with Gasteiger partial charge in [0.2, 0.25) is 0 Å². The smallest absolute Gasteiger partial charge is 0.325 e. The van der Waals surface area contributed by atoms with Gasteiger partial charge in [-0.15, -0.1) is 0 Å². The molecule has 2 atom stereocenters. The van der Waals surface area contributed by atoms with Crippen LogP contribution in [0, 0.1) is 12.8 Å². The predicted molar refractivity (Wildman–Crippen MR) is 79.4 cm³/mol. The van der Waals surface area contributed by atoms with Gasteiger partial charge in [0.25, 0.3) is 5.91 Å². The Morgan fingerprint density at radius 3 is 3.00 bits per heavy atom. The molecule has 23 heavy (non-hydrogen) atoms. The molecular weight excluding hydrogens is 300 g/mol. The lowest BCUT2D eigenvalue weighted by Gasteiger charge is -2.42. The van der Waals surface area contributed by atoms with Crippen molar-refractivity contribution in [2.24, 2.45) is 5.92 Å². The van der Waals surface area contributed by atoms with E-state index in [4.69, 9.17) is 0 Å². The molecule has 2 fully saturated rings. The van der Waals surface area contributed by atoms with Crippen molar-refractivity contribution in [2.75, 3.05) is 13.1 Å². The molecule has 2 saturated heterocycles. The van der Waals surface area contributed by atoms with Gasteiger partial charge in [-0.2, -0.15) is 0 Å². The van der Waals surface area contributed by atoms with Gasteiger partial charge in [0.1, 0.15) is 11.5 Å². The highest BCUT2D eigenvalue weighted by Gasteiger charge is 2.60. The molecule has 1 aromatic rings. The number of carboxylic acids is 1. The van der Waals surface area contributed by atoms with Crippen LogP contribution in [-0.2, 0) is 16.1 Å². The lowest BCUT2D eigenvalue weighted by molar-refractivity contribution is -0.153. The number of nitrogens with zero attached hydrogens (tertiary/aromatic N) is 2. The number of pyridine rings is 1. The molecular formula is C15H18N4O4. The van der Waals surface area contributed by atoms with Crippen molar-refractivity contribution in [1.82, 2.24) is 20.5 Å². The summed E-state index contributed by atoms with van der Waals surface area (Å²) in [5.74, 6) is -2.62. The molecule has 3 N–H and O–H groups in total. The fourth-order valence-corrected chi connectivity index (χ4v) is 3.38. The number of aromatic nitrogens is 1. The van der Waals surface area contributed by atoms with Crippen molar-refractivity contribution in [2.45, 2.75) is 25.4 Å². The first kappa shape index (κ1) is 15.4. The lowest BCUT2D eigenvalue weighted by atomic mass is 9.77. The molecule has 2 aliphatic heterocycles. The molecule has 3 heterocycles. The molecule has 0 bridgehead atoms. The number of amides is 3. The zero-order chi connectivity index (χ0) is 16.6. The van der Waals surface area contributed by atoms with E-state index in [2.05, 4.69) is 15.6 Å². The number of carboxylic acid groups (broad SMARTS) is 1. The summed E-state index contributed by atoms with van der Waals surface area (Å²) in [7, 11) is 0. The fourth-order valence-electron chi connectivity index (χ4n) is 3.38. The number of aliphatic carboxylic acids is 1. The van der Waals surface area contributed by atoms with Gasteiger partial charge in [-0.3, -0.25) is 19.9 Å². The van der Waals surface area contributed by atoms with Crippen molar-refractivity contribution >= 4 is 17.9 Å². The zero-order valence-electron chi connectivity index (χ0n) is 12.7. The Morgan fingerprint density at radius 2 is 2.30 bits per heavy atom. The number of urea groups is 1. The Hall–Kier alpha value is -2.48. The molecule has 0 aromatic carbocycles. The lowest BCUT2D eigenvalue weighted by Crippen LogP contribution is -2.63. The van der Waals surface area contributed by atoms with E-state index in [1.807, 2.05) is 13.0 Å². The van der Waals surface area contributed by atoms with Crippen LogP contribution in [-0.4, -0.2) is 51.5 Å². The van der Waals surface area contributed by atoms with Gasteiger partial charge in [0, 0.05) is 12.7 Å².